The molecule has 0 nitrogen and oxygen atoms in total. The van der Waals surface area contributed by atoms with Gasteiger partial charge in [0.1, 0.15) is 0 Å². The average Bonchev–Trinajstić information content (AvgIpc) is 2.67. The Balaban J connectivity index is 1.88. The summed E-state index contributed by atoms with van der Waals surface area (Å²) >= 11 is 0. The van der Waals surface area contributed by atoms with E-state index in [4.69, 9.17) is 0 Å². The van der Waals surface area contributed by atoms with E-state index in [9.17, 15) is 26.3 Å². The molecule has 0 bridgehead atoms. The van der Waals surface area contributed by atoms with Crippen LogP contribution in [0.15, 0.2) is 85.0 Å². The molecule has 0 heterocycles. The van der Waals surface area contributed by atoms with Crippen LogP contribution < -0.4 is 0 Å². The highest BCUT2D eigenvalue weighted by molar-refractivity contribution is 5.78. The molecule has 6 heteroatoms. The van der Waals surface area contributed by atoms with Crippen LogP contribution in [0, 0.1) is 0 Å². The Morgan fingerprint density at radius 3 is 1.10 bits per heavy atom. The third-order valence-electron chi connectivity index (χ3n) is 4.94. The predicted octanol–water partition coefficient (Wildman–Crippen LogP) is 8.10. The summed E-state index contributed by atoms with van der Waals surface area (Å²) in [5.74, 6) is 0. The van der Waals surface area contributed by atoms with Crippen molar-refractivity contribution < 1.29 is 26.3 Å². The van der Waals surface area contributed by atoms with Crippen LogP contribution >= 0.6 is 0 Å². The molecule has 1 aliphatic rings. The lowest BCUT2D eigenvalue weighted by molar-refractivity contribution is -0.138. The monoisotopic (exact) mass is 420 g/mol. The Kier molecular flexibility index (Phi) is 5.79. The first-order valence-corrected chi connectivity index (χ1v) is 9.10. The van der Waals surface area contributed by atoms with Gasteiger partial charge >= 0.3 is 12.4 Å². The minimum Gasteiger partial charge on any atom is -0.166 e. The van der Waals surface area contributed by atoms with Crippen molar-refractivity contribution in [2.75, 3.05) is 0 Å². The molecule has 0 aliphatic heterocycles. The molecule has 0 N–H and O–H groups in total. The maximum atomic E-state index is 12.8. The quantitative estimate of drug-likeness (QED) is 0.431. The second-order valence-electron chi connectivity index (χ2n) is 7.04. The Labute approximate surface area is 170 Å². The number of halogens is 6. The fraction of sp³-hybridized carbons (Fsp3) is 0.167. The Bertz CT molecular complexity index is 928. The van der Waals surface area contributed by atoms with Gasteiger partial charge in [-0.25, -0.2) is 0 Å². The molecular formula is C24H18F6. The van der Waals surface area contributed by atoms with Gasteiger partial charge in [0.2, 0.25) is 0 Å². The molecule has 0 saturated heterocycles. The van der Waals surface area contributed by atoms with E-state index in [-0.39, 0.29) is 0 Å². The number of hydrogen-bond acceptors (Lipinski definition) is 0. The van der Waals surface area contributed by atoms with Crippen molar-refractivity contribution in [2.45, 2.75) is 25.2 Å². The Morgan fingerprint density at radius 1 is 0.533 bits per heavy atom. The van der Waals surface area contributed by atoms with Crippen LogP contribution in [-0.4, -0.2) is 0 Å². The highest BCUT2D eigenvalue weighted by Gasteiger charge is 2.31. The number of benzene rings is 2. The van der Waals surface area contributed by atoms with E-state index in [1.807, 2.05) is 0 Å². The van der Waals surface area contributed by atoms with Gasteiger partial charge < -0.3 is 0 Å². The molecule has 3 rings (SSSR count). The van der Waals surface area contributed by atoms with Crippen molar-refractivity contribution in [3.8, 4) is 0 Å². The zero-order valence-electron chi connectivity index (χ0n) is 15.9. The Hall–Kier alpha value is -3.02. The summed E-state index contributed by atoms with van der Waals surface area (Å²) in [5.41, 5.74) is 2.55. The van der Waals surface area contributed by atoms with Crippen LogP contribution in [0.25, 0.3) is 11.1 Å². The van der Waals surface area contributed by atoms with Crippen LogP contribution in [0.5, 0.6) is 0 Å². The van der Waals surface area contributed by atoms with Crippen molar-refractivity contribution in [3.63, 3.8) is 0 Å². The lowest BCUT2D eigenvalue weighted by Crippen LogP contribution is -2.05. The standard InChI is InChI=1S/C24H18F6/c1-15-13-19(17-5-9-21(10-6-17)23(25,26)27)3-4-20(14-16(15)2)18-7-11-22(12-8-18)24(28,29)30/h5-14H,1-4H2/b19-13+,20-14+. The smallest absolute Gasteiger partial charge is 0.166 e. The highest BCUT2D eigenvalue weighted by Crippen LogP contribution is 2.36. The molecule has 0 spiro atoms. The molecule has 30 heavy (non-hydrogen) atoms. The summed E-state index contributed by atoms with van der Waals surface area (Å²) in [4.78, 5) is 0. The summed E-state index contributed by atoms with van der Waals surface area (Å²) in [6.07, 6.45) is -4.28. The number of rotatable bonds is 2. The van der Waals surface area contributed by atoms with Crippen LogP contribution in [0.3, 0.4) is 0 Å². The van der Waals surface area contributed by atoms with E-state index < -0.39 is 23.5 Å². The average molecular weight is 420 g/mol. The summed E-state index contributed by atoms with van der Waals surface area (Å²) in [5, 5.41) is 0. The SMILES string of the molecule is C=C1/C=C(/c2ccc(C(F)(F)F)cc2)CC/C(c2ccc(C(F)(F)F)cc2)=C\C1=C. The van der Waals surface area contributed by atoms with Gasteiger partial charge in [0.15, 0.2) is 0 Å². The van der Waals surface area contributed by atoms with Crippen LogP contribution in [0.2, 0.25) is 0 Å². The molecule has 0 unspecified atom stereocenters. The fourth-order valence-electron chi connectivity index (χ4n) is 3.22. The molecule has 0 aromatic heterocycles. The van der Waals surface area contributed by atoms with Crippen molar-refractivity contribution in [1.82, 2.24) is 0 Å². The van der Waals surface area contributed by atoms with Crippen molar-refractivity contribution in [1.29, 1.82) is 0 Å². The molecule has 0 saturated carbocycles. The topological polar surface area (TPSA) is 0 Å². The van der Waals surface area contributed by atoms with E-state index in [1.54, 1.807) is 12.2 Å². The van der Waals surface area contributed by atoms with Crippen molar-refractivity contribution in [2.24, 2.45) is 0 Å². The minimum absolute atomic E-state index is 0.491. The van der Waals surface area contributed by atoms with Gasteiger partial charge in [-0.2, -0.15) is 26.3 Å². The summed E-state index contributed by atoms with van der Waals surface area (Å²) < 4.78 is 76.9. The first-order chi connectivity index (χ1) is 13.9. The van der Waals surface area contributed by atoms with Gasteiger partial charge in [-0.15, -0.1) is 0 Å². The third kappa shape index (κ3) is 4.93. The lowest BCUT2D eigenvalue weighted by atomic mass is 9.88. The van der Waals surface area contributed by atoms with Gasteiger partial charge in [-0.1, -0.05) is 49.6 Å². The number of allylic oxidation sites excluding steroid dienone is 6. The zero-order chi connectivity index (χ0) is 22.1. The van der Waals surface area contributed by atoms with E-state index >= 15 is 0 Å². The minimum atomic E-state index is -4.41. The van der Waals surface area contributed by atoms with Gasteiger partial charge in [0.05, 0.1) is 11.1 Å². The lowest BCUT2D eigenvalue weighted by Gasteiger charge is -2.17. The number of hydrogen-bond donors (Lipinski definition) is 0. The molecule has 0 fully saturated rings. The second kappa shape index (κ2) is 8.01. The van der Waals surface area contributed by atoms with Crippen LogP contribution in [0.1, 0.15) is 35.1 Å². The van der Waals surface area contributed by atoms with E-state index in [0.717, 1.165) is 35.4 Å². The van der Waals surface area contributed by atoms with E-state index in [0.29, 0.717) is 35.1 Å². The predicted molar refractivity (Wildman–Crippen MR) is 106 cm³/mol. The van der Waals surface area contributed by atoms with Gasteiger partial charge in [0, 0.05) is 0 Å². The molecule has 156 valence electrons. The third-order valence-corrected chi connectivity index (χ3v) is 4.94. The fourth-order valence-corrected chi connectivity index (χ4v) is 3.22. The molecular weight excluding hydrogens is 402 g/mol. The normalized spacial score (nSPS) is 19.4. The highest BCUT2D eigenvalue weighted by atomic mass is 19.4. The first-order valence-electron chi connectivity index (χ1n) is 9.10. The molecule has 0 atom stereocenters. The summed E-state index contributed by atoms with van der Waals surface area (Å²) in [7, 11) is 0. The molecule has 2 aromatic rings. The molecule has 0 radical (unpaired) electrons. The maximum absolute atomic E-state index is 12.8. The first kappa shape index (κ1) is 21.7. The van der Waals surface area contributed by atoms with E-state index in [1.165, 1.54) is 24.3 Å². The number of alkyl halides is 6. The zero-order valence-corrected chi connectivity index (χ0v) is 15.9. The summed E-state index contributed by atoms with van der Waals surface area (Å²) in [6.45, 7) is 7.91. The van der Waals surface area contributed by atoms with Gasteiger partial charge in [-0.05, 0) is 70.5 Å². The summed E-state index contributed by atoms with van der Waals surface area (Å²) in [6, 6.07) is 9.75. The Morgan fingerprint density at radius 2 is 0.833 bits per heavy atom. The van der Waals surface area contributed by atoms with Crippen LogP contribution in [-0.2, 0) is 12.4 Å². The van der Waals surface area contributed by atoms with Crippen molar-refractivity contribution >= 4 is 11.1 Å². The molecule has 0 amide bonds. The maximum Gasteiger partial charge on any atom is 0.416 e. The van der Waals surface area contributed by atoms with Crippen molar-refractivity contribution in [3.05, 3.63) is 107 Å². The van der Waals surface area contributed by atoms with Gasteiger partial charge in [-0.3, -0.25) is 0 Å². The second-order valence-corrected chi connectivity index (χ2v) is 7.04. The van der Waals surface area contributed by atoms with Gasteiger partial charge in [0.25, 0.3) is 0 Å². The van der Waals surface area contributed by atoms with E-state index in [2.05, 4.69) is 13.2 Å². The van der Waals surface area contributed by atoms with Crippen LogP contribution in [0.4, 0.5) is 26.3 Å². The molecule has 2 aromatic carbocycles. The molecule has 1 aliphatic carbocycles. The largest absolute Gasteiger partial charge is 0.416 e.